The van der Waals surface area contributed by atoms with Gasteiger partial charge in [0, 0.05) is 6.07 Å². The molecule has 0 unspecified atom stereocenters. The van der Waals surface area contributed by atoms with E-state index >= 15 is 0 Å². The summed E-state index contributed by atoms with van der Waals surface area (Å²) in [6, 6.07) is 3.37. The second-order valence-electron chi connectivity index (χ2n) is 3.73. The summed E-state index contributed by atoms with van der Waals surface area (Å²) in [4.78, 5) is 22.2. The van der Waals surface area contributed by atoms with Crippen molar-refractivity contribution in [2.45, 2.75) is 6.61 Å². The minimum atomic E-state index is -1.25. The number of nitrogens with zero attached hydrogens (tertiary/aromatic N) is 5. The summed E-state index contributed by atoms with van der Waals surface area (Å²) in [6.45, 7) is -0.110. The number of rotatable bonds is 5. The summed E-state index contributed by atoms with van der Waals surface area (Å²) in [7, 11) is 1.57. The zero-order valence-electron chi connectivity index (χ0n) is 10.3. The van der Waals surface area contributed by atoms with Crippen LogP contribution in [0.15, 0.2) is 18.2 Å². The lowest BCUT2D eigenvalue weighted by atomic mass is 10.2. The number of nitro groups is 1. The average molecular weight is 279 g/mol. The van der Waals surface area contributed by atoms with Gasteiger partial charge in [0.15, 0.2) is 12.4 Å². The van der Waals surface area contributed by atoms with E-state index in [2.05, 4.69) is 15.4 Å². The van der Waals surface area contributed by atoms with Gasteiger partial charge in [0.05, 0.1) is 17.5 Å². The zero-order chi connectivity index (χ0) is 14.7. The van der Waals surface area contributed by atoms with E-state index in [-0.39, 0.29) is 23.7 Å². The predicted molar refractivity (Wildman–Crippen MR) is 63.2 cm³/mol. The Kier molecular flexibility index (Phi) is 3.55. The maximum atomic E-state index is 10.9. The molecule has 1 aromatic heterocycles. The van der Waals surface area contributed by atoms with Crippen LogP contribution in [-0.2, 0) is 13.7 Å². The van der Waals surface area contributed by atoms with Crippen molar-refractivity contribution in [1.29, 1.82) is 0 Å². The van der Waals surface area contributed by atoms with E-state index in [4.69, 9.17) is 9.84 Å². The van der Waals surface area contributed by atoms with Crippen molar-refractivity contribution < 1.29 is 19.6 Å². The van der Waals surface area contributed by atoms with E-state index in [1.165, 1.54) is 16.9 Å². The number of aryl methyl sites for hydroxylation is 1. The number of nitro benzene ring substituents is 1. The highest BCUT2D eigenvalue weighted by Crippen LogP contribution is 2.28. The van der Waals surface area contributed by atoms with E-state index < -0.39 is 16.6 Å². The molecule has 104 valence electrons. The molecule has 2 aromatic rings. The Balaban J connectivity index is 2.22. The molecule has 10 nitrogen and oxygen atoms in total. The van der Waals surface area contributed by atoms with Crippen LogP contribution in [0.4, 0.5) is 5.69 Å². The summed E-state index contributed by atoms with van der Waals surface area (Å²) in [5.74, 6) is -1.06. The standard InChI is InChI=1S/C10H9N5O5/c1-14-12-9(11-13-14)5-20-8-3-2-6(10(16)17)4-7(8)15(18)19/h2-4H,5H2,1H3,(H,16,17). The molecule has 0 aliphatic rings. The number of hydrogen-bond acceptors (Lipinski definition) is 7. The van der Waals surface area contributed by atoms with Crippen molar-refractivity contribution in [3.05, 3.63) is 39.7 Å². The monoisotopic (exact) mass is 279 g/mol. The molecule has 0 bridgehead atoms. The molecule has 2 rings (SSSR count). The maximum Gasteiger partial charge on any atom is 0.335 e. The summed E-state index contributed by atoms with van der Waals surface area (Å²) >= 11 is 0. The van der Waals surface area contributed by atoms with Crippen LogP contribution in [0.25, 0.3) is 0 Å². The topological polar surface area (TPSA) is 133 Å². The quantitative estimate of drug-likeness (QED) is 0.613. The second kappa shape index (κ2) is 5.30. The molecule has 0 spiro atoms. The van der Waals surface area contributed by atoms with Gasteiger partial charge < -0.3 is 9.84 Å². The lowest BCUT2D eigenvalue weighted by Crippen LogP contribution is -2.03. The van der Waals surface area contributed by atoms with Gasteiger partial charge in [-0.1, -0.05) is 0 Å². The zero-order valence-corrected chi connectivity index (χ0v) is 10.3. The Morgan fingerprint density at radius 3 is 2.85 bits per heavy atom. The SMILES string of the molecule is Cn1nnc(COc2ccc(C(=O)O)cc2[N+](=O)[O-])n1. The van der Waals surface area contributed by atoms with Gasteiger partial charge in [0.25, 0.3) is 0 Å². The molecule has 0 amide bonds. The Labute approximate surface area is 111 Å². The van der Waals surface area contributed by atoms with Crippen molar-refractivity contribution in [2.24, 2.45) is 7.05 Å². The third-order valence-corrected chi connectivity index (χ3v) is 2.31. The molecule has 0 fully saturated rings. The van der Waals surface area contributed by atoms with Gasteiger partial charge in [-0.3, -0.25) is 10.1 Å². The van der Waals surface area contributed by atoms with Crippen molar-refractivity contribution in [3.63, 3.8) is 0 Å². The lowest BCUT2D eigenvalue weighted by Gasteiger charge is -2.05. The number of ether oxygens (including phenoxy) is 1. The van der Waals surface area contributed by atoms with Crippen molar-refractivity contribution >= 4 is 11.7 Å². The van der Waals surface area contributed by atoms with Gasteiger partial charge in [-0.2, -0.15) is 4.80 Å². The lowest BCUT2D eigenvalue weighted by molar-refractivity contribution is -0.386. The van der Waals surface area contributed by atoms with E-state index in [0.29, 0.717) is 0 Å². The minimum absolute atomic E-state index is 0.0625. The summed E-state index contributed by atoms with van der Waals surface area (Å²) < 4.78 is 5.22. The van der Waals surface area contributed by atoms with Gasteiger partial charge in [0.1, 0.15) is 0 Å². The van der Waals surface area contributed by atoms with Gasteiger partial charge in [0.2, 0.25) is 5.82 Å². The smallest absolute Gasteiger partial charge is 0.335 e. The minimum Gasteiger partial charge on any atom is -0.478 e. The molecule has 0 radical (unpaired) electrons. The molecule has 20 heavy (non-hydrogen) atoms. The predicted octanol–water partition coefficient (Wildman–Crippen LogP) is 0.395. The largest absolute Gasteiger partial charge is 0.478 e. The van der Waals surface area contributed by atoms with E-state index in [1.807, 2.05) is 0 Å². The molecular weight excluding hydrogens is 270 g/mol. The highest BCUT2D eigenvalue weighted by atomic mass is 16.6. The number of tetrazole rings is 1. The third-order valence-electron chi connectivity index (χ3n) is 2.31. The number of benzene rings is 1. The van der Waals surface area contributed by atoms with Crippen LogP contribution >= 0.6 is 0 Å². The number of carboxylic acids is 1. The first-order valence-corrected chi connectivity index (χ1v) is 5.35. The van der Waals surface area contributed by atoms with Gasteiger partial charge in [-0.05, 0) is 17.3 Å². The highest BCUT2D eigenvalue weighted by Gasteiger charge is 2.19. The number of carbonyl (C=O) groups is 1. The fourth-order valence-electron chi connectivity index (χ4n) is 1.44. The van der Waals surface area contributed by atoms with Crippen molar-refractivity contribution in [2.75, 3.05) is 0 Å². The molecule has 0 saturated heterocycles. The first-order valence-electron chi connectivity index (χ1n) is 5.35. The molecule has 10 heteroatoms. The van der Waals surface area contributed by atoms with Crippen LogP contribution in [0.2, 0.25) is 0 Å². The van der Waals surface area contributed by atoms with Crippen LogP contribution in [0.3, 0.4) is 0 Å². The van der Waals surface area contributed by atoms with Crippen LogP contribution in [-0.4, -0.2) is 36.2 Å². The van der Waals surface area contributed by atoms with E-state index in [1.54, 1.807) is 7.05 Å². The first kappa shape index (κ1) is 13.4. The fraction of sp³-hybridized carbons (Fsp3) is 0.200. The Morgan fingerprint density at radius 2 is 2.30 bits per heavy atom. The second-order valence-corrected chi connectivity index (χ2v) is 3.73. The Morgan fingerprint density at radius 1 is 1.55 bits per heavy atom. The number of hydrogen-bond donors (Lipinski definition) is 1. The Bertz CT molecular complexity index is 668. The average Bonchev–Trinajstić information content (AvgIpc) is 2.81. The first-order chi connectivity index (χ1) is 9.47. The van der Waals surface area contributed by atoms with E-state index in [9.17, 15) is 14.9 Å². The molecule has 0 saturated carbocycles. The molecule has 0 atom stereocenters. The number of carboxylic acid groups (broad SMARTS) is 1. The van der Waals surface area contributed by atoms with Crippen molar-refractivity contribution in [3.8, 4) is 5.75 Å². The van der Waals surface area contributed by atoms with Crippen LogP contribution in [0, 0.1) is 10.1 Å². The summed E-state index contributed by atoms with van der Waals surface area (Å²) in [5, 5.41) is 30.8. The van der Waals surface area contributed by atoms with Gasteiger partial charge >= 0.3 is 11.7 Å². The van der Waals surface area contributed by atoms with Crippen LogP contribution in [0.1, 0.15) is 16.2 Å². The maximum absolute atomic E-state index is 10.9. The van der Waals surface area contributed by atoms with E-state index in [0.717, 1.165) is 6.07 Å². The normalized spacial score (nSPS) is 10.2. The number of aromatic carboxylic acids is 1. The van der Waals surface area contributed by atoms with Crippen LogP contribution in [0.5, 0.6) is 5.75 Å². The summed E-state index contributed by atoms with van der Waals surface area (Å²) in [5.41, 5.74) is -0.629. The van der Waals surface area contributed by atoms with Crippen molar-refractivity contribution in [1.82, 2.24) is 20.2 Å². The third kappa shape index (κ3) is 2.85. The molecular formula is C10H9N5O5. The molecule has 0 aliphatic carbocycles. The summed E-state index contributed by atoms with van der Waals surface area (Å²) in [6.07, 6.45) is 0. The molecule has 1 heterocycles. The van der Waals surface area contributed by atoms with Crippen LogP contribution < -0.4 is 4.74 Å². The fourth-order valence-corrected chi connectivity index (χ4v) is 1.44. The van der Waals surface area contributed by atoms with Gasteiger partial charge in [-0.25, -0.2) is 4.79 Å². The molecule has 0 aliphatic heterocycles. The Hall–Kier alpha value is -3.04. The molecule has 1 aromatic carbocycles. The van der Waals surface area contributed by atoms with Gasteiger partial charge in [-0.15, -0.1) is 10.2 Å². The number of aromatic nitrogens is 4. The highest BCUT2D eigenvalue weighted by molar-refractivity contribution is 5.88. The molecule has 1 N–H and O–H groups in total.